The van der Waals surface area contributed by atoms with Crippen molar-refractivity contribution in [1.82, 2.24) is 10.2 Å². The van der Waals surface area contributed by atoms with E-state index in [1.807, 2.05) is 31.2 Å². The van der Waals surface area contributed by atoms with E-state index < -0.39 is 29.6 Å². The van der Waals surface area contributed by atoms with Gasteiger partial charge < -0.3 is 30.3 Å². The minimum absolute atomic E-state index is 0.0869. The molecule has 6 atom stereocenters. The van der Waals surface area contributed by atoms with E-state index in [1.165, 1.54) is 0 Å². The Morgan fingerprint density at radius 1 is 1.13 bits per heavy atom. The minimum atomic E-state index is -1.06. The van der Waals surface area contributed by atoms with Crippen molar-refractivity contribution in [3.63, 3.8) is 0 Å². The van der Waals surface area contributed by atoms with Crippen molar-refractivity contribution in [3.05, 3.63) is 24.3 Å². The topological polar surface area (TPSA) is 111 Å². The van der Waals surface area contributed by atoms with Crippen molar-refractivity contribution in [1.29, 1.82) is 0 Å². The van der Waals surface area contributed by atoms with Crippen LogP contribution < -0.4 is 15.5 Å². The zero-order chi connectivity index (χ0) is 27.4. The molecule has 1 spiro atoms. The Morgan fingerprint density at radius 2 is 1.84 bits per heavy atom. The molecule has 3 saturated heterocycles. The Hall–Kier alpha value is -2.17. The van der Waals surface area contributed by atoms with Gasteiger partial charge in [-0.2, -0.15) is 0 Å². The first-order chi connectivity index (χ1) is 18.3. The average molecular weight is 594 g/mol. The number of nitrogens with zero attached hydrogens (tertiary/aromatic N) is 2. The van der Waals surface area contributed by atoms with E-state index in [1.54, 1.807) is 4.90 Å². The molecule has 0 aliphatic carbocycles. The van der Waals surface area contributed by atoms with Gasteiger partial charge in [0.25, 0.3) is 0 Å². The van der Waals surface area contributed by atoms with Crippen molar-refractivity contribution in [2.24, 2.45) is 11.8 Å². The zero-order valence-electron chi connectivity index (χ0n) is 22.6. The van der Waals surface area contributed by atoms with Crippen molar-refractivity contribution >= 4 is 45.0 Å². The monoisotopic (exact) mass is 592 g/mol. The molecule has 9 nitrogen and oxygen atoms in total. The Labute approximate surface area is 233 Å². The summed E-state index contributed by atoms with van der Waals surface area (Å²) in [6, 6.07) is 6.88. The van der Waals surface area contributed by atoms with Gasteiger partial charge in [-0.1, -0.05) is 22.9 Å². The fraction of sp³-hybridized carbons (Fsp3) is 0.679. The van der Waals surface area contributed by atoms with Gasteiger partial charge in [0, 0.05) is 49.0 Å². The molecule has 0 radical (unpaired) electrons. The normalized spacial score (nSPS) is 29.4. The largest absolute Gasteiger partial charge is 0.396 e. The second kappa shape index (κ2) is 12.3. The molecule has 1 aromatic carbocycles. The number of aliphatic hydroxyl groups excluding tert-OH is 1. The number of nitrogens with one attached hydrogen (secondary N) is 2. The molecule has 210 valence electrons. The highest BCUT2D eigenvalue weighted by molar-refractivity contribution is 9.09. The number of hydrogen-bond donors (Lipinski definition) is 3. The Kier molecular flexibility index (Phi) is 9.36. The molecule has 3 unspecified atom stereocenters. The highest BCUT2D eigenvalue weighted by Crippen LogP contribution is 2.60. The third-order valence-corrected chi connectivity index (χ3v) is 9.05. The van der Waals surface area contributed by atoms with E-state index in [0.29, 0.717) is 38.0 Å². The number of hydrogen-bond acceptors (Lipinski definition) is 6. The molecule has 2 bridgehead atoms. The Morgan fingerprint density at radius 3 is 2.47 bits per heavy atom. The number of aliphatic hydroxyl groups is 1. The van der Waals surface area contributed by atoms with Gasteiger partial charge in [0.2, 0.25) is 17.7 Å². The Bertz CT molecular complexity index is 1000. The molecule has 3 heterocycles. The summed E-state index contributed by atoms with van der Waals surface area (Å²) in [7, 11) is 0. The summed E-state index contributed by atoms with van der Waals surface area (Å²) in [6.45, 7) is 8.96. The van der Waals surface area contributed by atoms with Gasteiger partial charge in [0.1, 0.15) is 11.6 Å². The lowest BCUT2D eigenvalue weighted by atomic mass is 9.70. The third kappa shape index (κ3) is 5.19. The van der Waals surface area contributed by atoms with Crippen molar-refractivity contribution in [3.8, 4) is 0 Å². The molecule has 3 aliphatic rings. The highest BCUT2D eigenvalue weighted by Gasteiger charge is 2.76. The Balaban J connectivity index is 1.61. The number of unbranched alkanes of at least 4 members (excludes halogenated alkanes) is 2. The first kappa shape index (κ1) is 28.8. The van der Waals surface area contributed by atoms with E-state index in [9.17, 15) is 19.5 Å². The van der Waals surface area contributed by atoms with E-state index in [0.717, 1.165) is 31.6 Å². The molecular weight excluding hydrogens is 552 g/mol. The molecule has 38 heavy (non-hydrogen) atoms. The number of halogens is 1. The number of likely N-dealkylation sites (tertiary alicyclic amines) is 1. The van der Waals surface area contributed by atoms with E-state index in [4.69, 9.17) is 4.74 Å². The summed E-state index contributed by atoms with van der Waals surface area (Å²) in [6.07, 6.45) is 2.85. The van der Waals surface area contributed by atoms with Crippen LogP contribution >= 0.6 is 15.9 Å². The molecule has 3 amide bonds. The van der Waals surface area contributed by atoms with Crippen LogP contribution in [-0.4, -0.2) is 83.1 Å². The van der Waals surface area contributed by atoms with Gasteiger partial charge >= 0.3 is 0 Å². The molecule has 3 fully saturated rings. The fourth-order valence-corrected chi connectivity index (χ4v) is 7.40. The van der Waals surface area contributed by atoms with Gasteiger partial charge in [-0.25, -0.2) is 0 Å². The predicted molar refractivity (Wildman–Crippen MR) is 150 cm³/mol. The zero-order valence-corrected chi connectivity index (χ0v) is 24.2. The van der Waals surface area contributed by atoms with E-state index in [-0.39, 0.29) is 29.2 Å². The molecule has 1 aromatic rings. The summed E-state index contributed by atoms with van der Waals surface area (Å²) >= 11 is 3.70. The van der Waals surface area contributed by atoms with Crippen molar-refractivity contribution < 1.29 is 24.2 Å². The van der Waals surface area contributed by atoms with Crippen LogP contribution in [0.1, 0.15) is 52.9 Å². The summed E-state index contributed by atoms with van der Waals surface area (Å²) in [5, 5.41) is 15.2. The summed E-state index contributed by atoms with van der Waals surface area (Å²) in [5.74, 6) is -2.01. The van der Waals surface area contributed by atoms with Gasteiger partial charge in [-0.15, -0.1) is 0 Å². The van der Waals surface area contributed by atoms with Crippen LogP contribution in [0, 0.1) is 11.8 Å². The van der Waals surface area contributed by atoms with Crippen molar-refractivity contribution in [2.45, 2.75) is 75.4 Å². The predicted octanol–water partition coefficient (Wildman–Crippen LogP) is 2.91. The van der Waals surface area contributed by atoms with Gasteiger partial charge in [0.05, 0.1) is 17.9 Å². The van der Waals surface area contributed by atoms with Gasteiger partial charge in [-0.05, 0) is 70.2 Å². The number of ether oxygens (including phenoxy) is 1. The maximum absolute atomic E-state index is 13.9. The van der Waals surface area contributed by atoms with Crippen LogP contribution in [0.3, 0.4) is 0 Å². The van der Waals surface area contributed by atoms with Gasteiger partial charge in [-0.3, -0.25) is 14.4 Å². The van der Waals surface area contributed by atoms with Gasteiger partial charge in [0.15, 0.2) is 0 Å². The SMILES string of the molecule is CCCNC(=O)[C@H]1[C@H]2C(=O)N(CCCCCO)C(C(=O)Nc3ccc(N(CC)CC)cc3)C23CC(Br)[C@@H]1O3. The molecule has 3 N–H and O–H groups in total. The number of alkyl halides is 1. The molecule has 0 saturated carbocycles. The molecular formula is C28H41BrN4O5. The van der Waals surface area contributed by atoms with Crippen LogP contribution in [0.4, 0.5) is 11.4 Å². The second-order valence-electron chi connectivity index (χ2n) is 10.5. The molecule has 4 rings (SSSR count). The number of amides is 3. The first-order valence-corrected chi connectivity index (χ1v) is 14.9. The lowest BCUT2D eigenvalue weighted by Gasteiger charge is -2.34. The second-order valence-corrected chi connectivity index (χ2v) is 11.7. The summed E-state index contributed by atoms with van der Waals surface area (Å²) in [5.41, 5.74) is 0.666. The number of anilines is 2. The highest BCUT2D eigenvalue weighted by atomic mass is 79.9. The molecule has 3 aliphatic heterocycles. The number of benzene rings is 1. The summed E-state index contributed by atoms with van der Waals surface area (Å²) < 4.78 is 6.51. The number of carbonyl (C=O) groups excluding carboxylic acids is 3. The van der Waals surface area contributed by atoms with Crippen LogP contribution in [0.2, 0.25) is 0 Å². The maximum Gasteiger partial charge on any atom is 0.250 e. The molecule has 10 heteroatoms. The van der Waals surface area contributed by atoms with E-state index in [2.05, 4.69) is 45.3 Å². The third-order valence-electron chi connectivity index (χ3n) is 8.21. The van der Waals surface area contributed by atoms with Crippen LogP contribution in [0.25, 0.3) is 0 Å². The standard InChI is InChI=1S/C28H41BrN4O5/c1-4-14-30-25(35)21-22-27(37)33(15-8-7-9-16-34)24(28(22)17-20(29)23(21)38-28)26(36)31-18-10-12-19(13-11-18)32(5-2)6-3/h10-13,20-24,34H,4-9,14-17H2,1-3H3,(H,30,35)(H,31,36)/t20?,21-,22-,23-,24?,28?/m0/s1. The van der Waals surface area contributed by atoms with E-state index >= 15 is 0 Å². The average Bonchev–Trinajstić information content (AvgIpc) is 3.50. The quantitative estimate of drug-likeness (QED) is 0.240. The smallest absolute Gasteiger partial charge is 0.250 e. The number of fused-ring (bicyclic) bond motifs is 1. The minimum Gasteiger partial charge on any atom is -0.396 e. The van der Waals surface area contributed by atoms with Crippen LogP contribution in [-0.2, 0) is 19.1 Å². The number of carbonyl (C=O) groups is 3. The van der Waals surface area contributed by atoms with Crippen LogP contribution in [0.5, 0.6) is 0 Å². The van der Waals surface area contributed by atoms with Crippen molar-refractivity contribution in [2.75, 3.05) is 43.0 Å². The molecule has 0 aromatic heterocycles. The summed E-state index contributed by atoms with van der Waals surface area (Å²) in [4.78, 5) is 44.8. The first-order valence-electron chi connectivity index (χ1n) is 14.0. The van der Waals surface area contributed by atoms with Crippen LogP contribution in [0.15, 0.2) is 24.3 Å². The number of rotatable bonds is 13. The maximum atomic E-state index is 13.9. The lowest BCUT2D eigenvalue weighted by Crippen LogP contribution is -2.54. The fourth-order valence-electron chi connectivity index (χ4n) is 6.46. The lowest BCUT2D eigenvalue weighted by molar-refractivity contribution is -0.140.